The lowest BCUT2D eigenvalue weighted by Gasteiger charge is -2.40. The summed E-state index contributed by atoms with van der Waals surface area (Å²) in [6.45, 7) is 7.29. The van der Waals surface area contributed by atoms with Gasteiger partial charge >= 0.3 is 5.97 Å². The summed E-state index contributed by atoms with van der Waals surface area (Å²) in [5.74, 6) is -0.167. The lowest BCUT2D eigenvalue weighted by atomic mass is 9.87. The molecule has 1 atom stereocenters. The smallest absolute Gasteiger partial charge is 0.338 e. The Balaban J connectivity index is 1.42. The molecule has 0 aliphatic carbocycles. The van der Waals surface area contributed by atoms with E-state index in [0.717, 1.165) is 24.1 Å². The third kappa shape index (κ3) is 2.79. The van der Waals surface area contributed by atoms with Crippen molar-refractivity contribution in [2.75, 3.05) is 26.2 Å². The van der Waals surface area contributed by atoms with Gasteiger partial charge in [0.2, 0.25) is 0 Å². The van der Waals surface area contributed by atoms with Crippen LogP contribution in [0.3, 0.4) is 0 Å². The predicted molar refractivity (Wildman–Crippen MR) is 89.6 cm³/mol. The number of cyclic esters (lactones) is 1. The maximum absolute atomic E-state index is 11.6. The molecule has 4 heteroatoms. The van der Waals surface area contributed by atoms with Gasteiger partial charge in [-0.25, -0.2) is 4.79 Å². The number of piperidine rings is 1. The highest BCUT2D eigenvalue weighted by atomic mass is 16.5. The molecule has 4 nitrogen and oxygen atoms in total. The molecule has 1 aromatic carbocycles. The van der Waals surface area contributed by atoms with Crippen LogP contribution in [0.15, 0.2) is 12.1 Å². The van der Waals surface area contributed by atoms with Crippen molar-refractivity contribution in [1.82, 2.24) is 10.2 Å². The molecule has 0 amide bonds. The van der Waals surface area contributed by atoms with Gasteiger partial charge in [0.05, 0.1) is 5.56 Å². The fourth-order valence-corrected chi connectivity index (χ4v) is 4.58. The molecule has 0 bridgehead atoms. The van der Waals surface area contributed by atoms with Gasteiger partial charge in [0.1, 0.15) is 6.61 Å². The van der Waals surface area contributed by atoms with Crippen LogP contribution in [-0.4, -0.2) is 42.6 Å². The number of hydrogen-bond acceptors (Lipinski definition) is 4. The summed E-state index contributed by atoms with van der Waals surface area (Å²) < 4.78 is 5.16. The third-order valence-electron chi connectivity index (χ3n) is 5.96. The van der Waals surface area contributed by atoms with Crippen molar-refractivity contribution in [3.05, 3.63) is 34.4 Å². The minimum atomic E-state index is -0.167. The number of likely N-dealkylation sites (tertiary alicyclic amines) is 1. The van der Waals surface area contributed by atoms with E-state index in [-0.39, 0.29) is 5.97 Å². The Kier molecular flexibility index (Phi) is 3.90. The zero-order valence-corrected chi connectivity index (χ0v) is 14.0. The highest BCUT2D eigenvalue weighted by Crippen LogP contribution is 2.30. The highest BCUT2D eigenvalue weighted by molar-refractivity contribution is 5.93. The summed E-state index contributed by atoms with van der Waals surface area (Å²) in [5.41, 5.74) is 4.87. The first-order valence-corrected chi connectivity index (χ1v) is 8.93. The van der Waals surface area contributed by atoms with Gasteiger partial charge in [0.15, 0.2) is 0 Å². The van der Waals surface area contributed by atoms with E-state index in [1.807, 2.05) is 6.07 Å². The van der Waals surface area contributed by atoms with Crippen LogP contribution >= 0.6 is 0 Å². The van der Waals surface area contributed by atoms with Crippen LogP contribution in [0, 0.1) is 6.92 Å². The first kappa shape index (κ1) is 15.2. The Bertz CT molecular complexity index is 620. The second-order valence-electron chi connectivity index (χ2n) is 7.39. The van der Waals surface area contributed by atoms with Crippen LogP contribution in [0.25, 0.3) is 0 Å². The highest BCUT2D eigenvalue weighted by Gasteiger charge is 2.37. The van der Waals surface area contributed by atoms with Crippen LogP contribution < -0.4 is 5.32 Å². The van der Waals surface area contributed by atoms with Gasteiger partial charge < -0.3 is 15.0 Å². The average Bonchev–Trinajstić information content (AvgIpc) is 3.15. The summed E-state index contributed by atoms with van der Waals surface area (Å²) in [6.07, 6.45) is 6.36. The molecule has 3 aliphatic rings. The van der Waals surface area contributed by atoms with Gasteiger partial charge in [-0.05, 0) is 69.3 Å². The number of rotatable bonds is 3. The van der Waals surface area contributed by atoms with Crippen LogP contribution in [-0.2, 0) is 17.8 Å². The van der Waals surface area contributed by atoms with E-state index in [9.17, 15) is 4.79 Å². The number of benzene rings is 1. The largest absolute Gasteiger partial charge is 0.457 e. The van der Waals surface area contributed by atoms with Crippen LogP contribution in [0.2, 0.25) is 0 Å². The summed E-state index contributed by atoms with van der Waals surface area (Å²) >= 11 is 0. The fourth-order valence-electron chi connectivity index (χ4n) is 4.58. The van der Waals surface area contributed by atoms with Crippen molar-refractivity contribution in [3.63, 3.8) is 0 Å². The molecule has 2 fully saturated rings. The number of carbonyl (C=O) groups is 1. The van der Waals surface area contributed by atoms with Gasteiger partial charge in [0, 0.05) is 24.2 Å². The van der Waals surface area contributed by atoms with Crippen molar-refractivity contribution in [3.8, 4) is 0 Å². The molecule has 1 aromatic rings. The fraction of sp³-hybridized carbons (Fsp3) is 0.632. The molecule has 3 aliphatic heterocycles. The second kappa shape index (κ2) is 5.91. The normalized spacial score (nSPS) is 27.4. The van der Waals surface area contributed by atoms with Crippen molar-refractivity contribution in [2.24, 2.45) is 0 Å². The van der Waals surface area contributed by atoms with Crippen molar-refractivity contribution >= 4 is 5.97 Å². The topological polar surface area (TPSA) is 41.6 Å². The molecule has 0 radical (unpaired) electrons. The molecule has 124 valence electrons. The monoisotopic (exact) mass is 314 g/mol. The van der Waals surface area contributed by atoms with Gasteiger partial charge in [-0.2, -0.15) is 0 Å². The van der Waals surface area contributed by atoms with Crippen molar-refractivity contribution in [1.29, 1.82) is 0 Å². The van der Waals surface area contributed by atoms with E-state index >= 15 is 0 Å². The predicted octanol–water partition coefficient (Wildman–Crippen LogP) is 2.43. The summed E-state index contributed by atoms with van der Waals surface area (Å²) in [7, 11) is 0. The zero-order chi connectivity index (χ0) is 15.9. The molecular weight excluding hydrogens is 288 g/mol. The number of carbonyl (C=O) groups excluding carboxylic acids is 1. The molecular formula is C19H26N2O2. The van der Waals surface area contributed by atoms with Crippen LogP contribution in [0.4, 0.5) is 0 Å². The maximum Gasteiger partial charge on any atom is 0.338 e. The SMILES string of the molecule is Cc1c(CCN2CCCC3(CCCN3)C2)ccc2c1COC2=O. The molecule has 1 unspecified atom stereocenters. The molecule has 0 saturated carbocycles. The number of nitrogens with zero attached hydrogens (tertiary/aromatic N) is 1. The van der Waals surface area contributed by atoms with E-state index in [1.54, 1.807) is 0 Å². The molecule has 23 heavy (non-hydrogen) atoms. The van der Waals surface area contributed by atoms with Gasteiger partial charge in [-0.1, -0.05) is 6.07 Å². The summed E-state index contributed by atoms with van der Waals surface area (Å²) in [4.78, 5) is 14.3. The lowest BCUT2D eigenvalue weighted by molar-refractivity contribution is 0.0535. The number of hydrogen-bond donors (Lipinski definition) is 1. The molecule has 0 aromatic heterocycles. The second-order valence-corrected chi connectivity index (χ2v) is 7.39. The van der Waals surface area contributed by atoms with Gasteiger partial charge in [0.25, 0.3) is 0 Å². The molecule has 1 spiro atoms. The first-order valence-electron chi connectivity index (χ1n) is 8.93. The minimum absolute atomic E-state index is 0.167. The molecule has 4 rings (SSSR count). The Morgan fingerprint density at radius 2 is 2.17 bits per heavy atom. The number of fused-ring (bicyclic) bond motifs is 1. The Morgan fingerprint density at radius 3 is 3.00 bits per heavy atom. The molecule has 2 saturated heterocycles. The van der Waals surface area contributed by atoms with Gasteiger partial charge in [-0.15, -0.1) is 0 Å². The van der Waals surface area contributed by atoms with Gasteiger partial charge in [-0.3, -0.25) is 0 Å². The summed E-state index contributed by atoms with van der Waals surface area (Å²) in [5, 5.41) is 3.75. The Labute approximate surface area is 138 Å². The third-order valence-corrected chi connectivity index (χ3v) is 5.96. The van der Waals surface area contributed by atoms with E-state index in [4.69, 9.17) is 4.74 Å². The van der Waals surface area contributed by atoms with Crippen LogP contribution in [0.5, 0.6) is 0 Å². The standard InChI is InChI=1S/C19H26N2O2/c1-14-15(4-5-16-17(14)12-23-18(16)22)6-11-21-10-3-8-19(13-21)7-2-9-20-19/h4-5,20H,2-3,6-13H2,1H3. The molecule has 3 heterocycles. The van der Waals surface area contributed by atoms with Crippen molar-refractivity contribution in [2.45, 2.75) is 51.2 Å². The van der Waals surface area contributed by atoms with Crippen LogP contribution in [0.1, 0.15) is 52.7 Å². The maximum atomic E-state index is 11.6. The number of ether oxygens (including phenoxy) is 1. The number of esters is 1. The Morgan fingerprint density at radius 1 is 1.30 bits per heavy atom. The quantitative estimate of drug-likeness (QED) is 0.870. The number of nitrogens with one attached hydrogen (secondary N) is 1. The average molecular weight is 314 g/mol. The first-order chi connectivity index (χ1) is 11.2. The lowest BCUT2D eigenvalue weighted by Crippen LogP contribution is -2.54. The Hall–Kier alpha value is -1.39. The van der Waals surface area contributed by atoms with Crippen molar-refractivity contribution < 1.29 is 9.53 Å². The van der Waals surface area contributed by atoms with E-state index < -0.39 is 0 Å². The van der Waals surface area contributed by atoms with E-state index in [1.165, 1.54) is 56.4 Å². The molecule has 1 N–H and O–H groups in total. The van der Waals surface area contributed by atoms with E-state index in [0.29, 0.717) is 12.1 Å². The zero-order valence-electron chi connectivity index (χ0n) is 14.0. The van der Waals surface area contributed by atoms with E-state index in [2.05, 4.69) is 23.2 Å². The minimum Gasteiger partial charge on any atom is -0.457 e. The summed E-state index contributed by atoms with van der Waals surface area (Å²) in [6, 6.07) is 4.07.